The predicted molar refractivity (Wildman–Crippen MR) is 47.5 cm³/mol. The van der Waals surface area contributed by atoms with E-state index in [1.807, 2.05) is 30.3 Å². The molecule has 1 rings (SSSR count). The Kier molecular flexibility index (Phi) is 3.14. The third-order valence-electron chi connectivity index (χ3n) is 1.26. The Bertz CT molecular complexity index is 240. The molecule has 0 bridgehead atoms. The van der Waals surface area contributed by atoms with E-state index >= 15 is 0 Å². The van der Waals surface area contributed by atoms with Crippen LogP contribution in [-0.4, -0.2) is 20.7 Å². The molecule has 11 heavy (non-hydrogen) atoms. The summed E-state index contributed by atoms with van der Waals surface area (Å²) in [5, 5.41) is 0. The van der Waals surface area contributed by atoms with Crippen LogP contribution in [0.1, 0.15) is 5.56 Å². The Morgan fingerprint density at radius 3 is 2.55 bits per heavy atom. The van der Waals surface area contributed by atoms with Gasteiger partial charge in [0.1, 0.15) is 0 Å². The van der Waals surface area contributed by atoms with Crippen LogP contribution in [0.2, 0.25) is 0 Å². The van der Waals surface area contributed by atoms with Crippen molar-refractivity contribution in [3.63, 3.8) is 0 Å². The van der Waals surface area contributed by atoms with E-state index in [4.69, 9.17) is 5.73 Å². The van der Waals surface area contributed by atoms with Crippen molar-refractivity contribution in [1.82, 2.24) is 0 Å². The topological polar surface area (TPSA) is 38.4 Å². The number of hydrogen-bond donors (Lipinski definition) is 1. The minimum atomic E-state index is 0.508. The van der Waals surface area contributed by atoms with Gasteiger partial charge in [0.25, 0.3) is 0 Å². The zero-order valence-corrected chi connectivity index (χ0v) is 7.74. The fraction of sp³-hybridized carbons (Fsp3) is 0.125. The molecule has 1 aromatic rings. The zero-order valence-electron chi connectivity index (χ0n) is 6.03. The molecular formula is C8H9N2Se. The van der Waals surface area contributed by atoms with Crippen molar-refractivity contribution in [3.05, 3.63) is 35.9 Å². The maximum atomic E-state index is 5.33. The van der Waals surface area contributed by atoms with Gasteiger partial charge in [-0.25, -0.2) is 0 Å². The first-order chi connectivity index (χ1) is 5.29. The molecule has 0 aliphatic heterocycles. The standard InChI is InChI=1S/C8H9N2Se/c9-8(11)10-6-7-4-2-1-3-5-7/h1-5H,6H2,(H2,9,10). The van der Waals surface area contributed by atoms with Gasteiger partial charge in [-0.05, 0) is 0 Å². The van der Waals surface area contributed by atoms with Gasteiger partial charge in [-0.3, -0.25) is 0 Å². The van der Waals surface area contributed by atoms with Crippen LogP contribution in [0.15, 0.2) is 35.3 Å². The van der Waals surface area contributed by atoms with Gasteiger partial charge >= 0.3 is 73.9 Å². The summed E-state index contributed by atoms with van der Waals surface area (Å²) < 4.78 is 0.508. The molecule has 0 spiro atoms. The summed E-state index contributed by atoms with van der Waals surface area (Å²) in [7, 11) is 0. The molecule has 2 nitrogen and oxygen atoms in total. The van der Waals surface area contributed by atoms with Gasteiger partial charge in [0.05, 0.1) is 0 Å². The van der Waals surface area contributed by atoms with Crippen molar-refractivity contribution in [2.75, 3.05) is 0 Å². The van der Waals surface area contributed by atoms with Crippen molar-refractivity contribution in [3.8, 4) is 0 Å². The van der Waals surface area contributed by atoms with E-state index in [1.54, 1.807) is 0 Å². The van der Waals surface area contributed by atoms with Crippen molar-refractivity contribution < 1.29 is 0 Å². The van der Waals surface area contributed by atoms with Gasteiger partial charge in [-0.2, -0.15) is 0 Å². The van der Waals surface area contributed by atoms with E-state index in [1.165, 1.54) is 5.56 Å². The van der Waals surface area contributed by atoms with Crippen LogP contribution >= 0.6 is 0 Å². The molecular weight excluding hydrogens is 203 g/mol. The average molecular weight is 212 g/mol. The molecule has 0 amide bonds. The molecule has 0 aliphatic carbocycles. The summed E-state index contributed by atoms with van der Waals surface area (Å²) in [5.41, 5.74) is 6.51. The predicted octanol–water partition coefficient (Wildman–Crippen LogP) is 0.670. The van der Waals surface area contributed by atoms with Crippen molar-refractivity contribution >= 4 is 20.7 Å². The van der Waals surface area contributed by atoms with Crippen LogP contribution in [-0.2, 0) is 6.54 Å². The summed E-state index contributed by atoms with van der Waals surface area (Å²) >= 11 is 2.64. The maximum absolute atomic E-state index is 5.33. The molecule has 3 heteroatoms. The summed E-state index contributed by atoms with van der Waals surface area (Å²) in [4.78, 5) is 4.03. The van der Waals surface area contributed by atoms with E-state index < -0.39 is 0 Å². The molecule has 0 atom stereocenters. The second-order valence-electron chi connectivity index (χ2n) is 2.14. The Morgan fingerprint density at radius 2 is 2.00 bits per heavy atom. The van der Waals surface area contributed by atoms with Gasteiger partial charge in [0.2, 0.25) is 0 Å². The number of hydrogen-bond acceptors (Lipinski definition) is 1. The second kappa shape index (κ2) is 4.16. The third-order valence-corrected chi connectivity index (χ3v) is 1.53. The first kappa shape index (κ1) is 8.31. The van der Waals surface area contributed by atoms with Crippen LogP contribution in [0.4, 0.5) is 0 Å². The SMILES string of the molecule is NC([Se])=NCc1ccccc1. The van der Waals surface area contributed by atoms with Gasteiger partial charge in [-0.1, -0.05) is 0 Å². The van der Waals surface area contributed by atoms with Crippen LogP contribution in [0.5, 0.6) is 0 Å². The summed E-state index contributed by atoms with van der Waals surface area (Å²) in [6.07, 6.45) is 0. The molecule has 0 fully saturated rings. The monoisotopic (exact) mass is 213 g/mol. The number of rotatable bonds is 2. The molecule has 0 unspecified atom stereocenters. The quantitative estimate of drug-likeness (QED) is 0.436. The molecule has 2 N–H and O–H groups in total. The van der Waals surface area contributed by atoms with E-state index in [2.05, 4.69) is 21.0 Å². The Labute approximate surface area is 74.3 Å². The first-order valence-corrected chi connectivity index (χ1v) is 4.15. The molecule has 57 valence electrons. The molecule has 0 aliphatic rings. The van der Waals surface area contributed by atoms with Crippen molar-refractivity contribution in [2.24, 2.45) is 10.7 Å². The number of nitrogens with zero attached hydrogens (tertiary/aromatic N) is 1. The molecule has 1 radical (unpaired) electrons. The van der Waals surface area contributed by atoms with Crippen molar-refractivity contribution in [1.29, 1.82) is 0 Å². The summed E-state index contributed by atoms with van der Waals surface area (Å²) in [6, 6.07) is 9.99. The molecule has 1 aromatic carbocycles. The zero-order chi connectivity index (χ0) is 8.10. The third kappa shape index (κ3) is 3.21. The van der Waals surface area contributed by atoms with Crippen molar-refractivity contribution in [2.45, 2.75) is 6.54 Å². The first-order valence-electron chi connectivity index (χ1n) is 3.30. The Morgan fingerprint density at radius 1 is 1.36 bits per heavy atom. The van der Waals surface area contributed by atoms with Gasteiger partial charge in [0, 0.05) is 0 Å². The number of amidine groups is 1. The van der Waals surface area contributed by atoms with E-state index in [9.17, 15) is 0 Å². The summed E-state index contributed by atoms with van der Waals surface area (Å²) in [5.74, 6) is 0. The minimum absolute atomic E-state index is 0.508. The van der Waals surface area contributed by atoms with E-state index in [0.29, 0.717) is 11.3 Å². The Hall–Kier alpha value is -0.791. The fourth-order valence-corrected chi connectivity index (χ4v) is 0.888. The van der Waals surface area contributed by atoms with Crippen LogP contribution < -0.4 is 5.73 Å². The van der Waals surface area contributed by atoms with Crippen LogP contribution in [0.25, 0.3) is 0 Å². The number of nitrogens with two attached hydrogens (primary N) is 1. The molecule has 0 heterocycles. The van der Waals surface area contributed by atoms with Gasteiger partial charge < -0.3 is 0 Å². The average Bonchev–Trinajstić information content (AvgIpc) is 2.03. The van der Waals surface area contributed by atoms with E-state index in [-0.39, 0.29) is 0 Å². The second-order valence-corrected chi connectivity index (χ2v) is 3.02. The normalized spacial score (nSPS) is 11.5. The number of aliphatic imine (C=N–C) groups is 1. The Balaban J connectivity index is 2.59. The van der Waals surface area contributed by atoms with Crippen LogP contribution in [0, 0.1) is 0 Å². The van der Waals surface area contributed by atoms with Gasteiger partial charge in [0.15, 0.2) is 0 Å². The summed E-state index contributed by atoms with van der Waals surface area (Å²) in [6.45, 7) is 0.652. The molecule has 0 aromatic heterocycles. The molecule has 0 saturated heterocycles. The number of benzene rings is 1. The van der Waals surface area contributed by atoms with Gasteiger partial charge in [-0.15, -0.1) is 0 Å². The van der Waals surface area contributed by atoms with Crippen LogP contribution in [0.3, 0.4) is 0 Å². The van der Waals surface area contributed by atoms with E-state index in [0.717, 1.165) is 0 Å². The molecule has 0 saturated carbocycles. The fourth-order valence-electron chi connectivity index (χ4n) is 0.753.